The van der Waals surface area contributed by atoms with E-state index in [2.05, 4.69) is 11.9 Å². The SMILES string of the molecule is CN1CCCC1CCOc1cccc(N)c1.Nc1cccc(O)c1. The first kappa shape index (κ1) is 17.9. The van der Waals surface area contributed by atoms with E-state index in [4.69, 9.17) is 21.3 Å². The summed E-state index contributed by atoms with van der Waals surface area (Å²) in [7, 11) is 2.19. The van der Waals surface area contributed by atoms with E-state index in [-0.39, 0.29) is 5.75 Å². The van der Waals surface area contributed by atoms with E-state index in [1.54, 1.807) is 18.2 Å². The third-order valence-corrected chi connectivity index (χ3v) is 4.12. The number of nitrogens with two attached hydrogens (primary N) is 2. The van der Waals surface area contributed by atoms with Gasteiger partial charge in [0, 0.05) is 29.5 Å². The standard InChI is InChI=1S/C13H20N2O.C6H7NO/c1-15-8-3-5-12(15)7-9-16-13-6-2-4-11(14)10-13;7-5-2-1-3-6(8)4-5/h2,4,6,10,12H,3,5,7-9,14H2,1H3;1-4,8H,7H2. The molecule has 0 saturated carbocycles. The van der Waals surface area contributed by atoms with Crippen molar-refractivity contribution in [2.45, 2.75) is 25.3 Å². The summed E-state index contributed by atoms with van der Waals surface area (Å²) in [4.78, 5) is 2.42. The molecule has 130 valence electrons. The predicted molar refractivity (Wildman–Crippen MR) is 99.1 cm³/mol. The zero-order valence-electron chi connectivity index (χ0n) is 14.2. The summed E-state index contributed by atoms with van der Waals surface area (Å²) in [5, 5.41) is 8.73. The van der Waals surface area contributed by atoms with Crippen LogP contribution in [-0.4, -0.2) is 36.2 Å². The van der Waals surface area contributed by atoms with Crippen molar-refractivity contribution < 1.29 is 9.84 Å². The molecular formula is C19H27N3O2. The van der Waals surface area contributed by atoms with Crippen LogP contribution in [0.2, 0.25) is 0 Å². The molecule has 0 spiro atoms. The van der Waals surface area contributed by atoms with Gasteiger partial charge in [-0.2, -0.15) is 0 Å². The van der Waals surface area contributed by atoms with Gasteiger partial charge in [-0.15, -0.1) is 0 Å². The van der Waals surface area contributed by atoms with Crippen LogP contribution in [0.25, 0.3) is 0 Å². The van der Waals surface area contributed by atoms with Crippen LogP contribution in [0.1, 0.15) is 19.3 Å². The fourth-order valence-electron chi connectivity index (χ4n) is 2.79. The number of nitrogens with zero attached hydrogens (tertiary/aromatic N) is 1. The van der Waals surface area contributed by atoms with Crippen LogP contribution in [0.4, 0.5) is 11.4 Å². The molecule has 1 aliphatic rings. The van der Waals surface area contributed by atoms with E-state index < -0.39 is 0 Å². The summed E-state index contributed by atoms with van der Waals surface area (Å²) < 4.78 is 5.69. The second-order valence-corrected chi connectivity index (χ2v) is 6.08. The van der Waals surface area contributed by atoms with E-state index in [0.29, 0.717) is 11.7 Å². The second kappa shape index (κ2) is 9.03. The molecular weight excluding hydrogens is 302 g/mol. The minimum Gasteiger partial charge on any atom is -0.508 e. The highest BCUT2D eigenvalue weighted by Crippen LogP contribution is 2.19. The minimum absolute atomic E-state index is 0.213. The number of ether oxygens (including phenoxy) is 1. The lowest BCUT2D eigenvalue weighted by Crippen LogP contribution is -2.26. The molecule has 0 aliphatic carbocycles. The molecule has 5 nitrogen and oxygen atoms in total. The number of likely N-dealkylation sites (tertiary alicyclic amines) is 1. The molecule has 24 heavy (non-hydrogen) atoms. The summed E-state index contributed by atoms with van der Waals surface area (Å²) in [5.74, 6) is 1.09. The Bertz CT molecular complexity index is 616. The molecule has 1 atom stereocenters. The normalized spacial score (nSPS) is 17.1. The third kappa shape index (κ3) is 6.01. The molecule has 1 unspecified atom stereocenters. The highest BCUT2D eigenvalue weighted by Gasteiger charge is 2.20. The molecule has 0 radical (unpaired) electrons. The number of aromatic hydroxyl groups is 1. The predicted octanol–water partition coefficient (Wildman–Crippen LogP) is 3.11. The summed E-state index contributed by atoms with van der Waals surface area (Å²) in [6.45, 7) is 2.00. The van der Waals surface area contributed by atoms with Crippen LogP contribution in [0.5, 0.6) is 11.5 Å². The van der Waals surface area contributed by atoms with Gasteiger partial charge in [0.1, 0.15) is 11.5 Å². The summed E-state index contributed by atoms with van der Waals surface area (Å²) in [5.41, 5.74) is 12.3. The maximum absolute atomic E-state index is 8.73. The minimum atomic E-state index is 0.213. The van der Waals surface area contributed by atoms with Crippen LogP contribution in [0, 0.1) is 0 Å². The Labute approximate surface area is 143 Å². The molecule has 1 aliphatic heterocycles. The van der Waals surface area contributed by atoms with Crippen LogP contribution in [0.15, 0.2) is 48.5 Å². The summed E-state index contributed by atoms with van der Waals surface area (Å²) >= 11 is 0. The quantitative estimate of drug-likeness (QED) is 0.751. The van der Waals surface area contributed by atoms with Crippen molar-refractivity contribution in [1.82, 2.24) is 4.90 Å². The third-order valence-electron chi connectivity index (χ3n) is 4.12. The van der Waals surface area contributed by atoms with Gasteiger partial charge in [-0.25, -0.2) is 0 Å². The highest BCUT2D eigenvalue weighted by molar-refractivity contribution is 5.43. The fourth-order valence-corrected chi connectivity index (χ4v) is 2.79. The molecule has 0 amide bonds. The maximum atomic E-state index is 8.73. The molecule has 5 N–H and O–H groups in total. The molecule has 1 saturated heterocycles. The first-order chi connectivity index (χ1) is 11.5. The maximum Gasteiger partial charge on any atom is 0.121 e. The second-order valence-electron chi connectivity index (χ2n) is 6.08. The van der Waals surface area contributed by atoms with Gasteiger partial charge in [-0.1, -0.05) is 12.1 Å². The largest absolute Gasteiger partial charge is 0.508 e. The van der Waals surface area contributed by atoms with Gasteiger partial charge in [0.15, 0.2) is 0 Å². The number of hydrogen-bond acceptors (Lipinski definition) is 5. The van der Waals surface area contributed by atoms with E-state index >= 15 is 0 Å². The molecule has 5 heteroatoms. The number of anilines is 2. The molecule has 1 fully saturated rings. The lowest BCUT2D eigenvalue weighted by Gasteiger charge is -2.19. The fraction of sp³-hybridized carbons (Fsp3) is 0.368. The van der Waals surface area contributed by atoms with Crippen LogP contribution >= 0.6 is 0 Å². The average molecular weight is 329 g/mol. The molecule has 2 aromatic carbocycles. The van der Waals surface area contributed by atoms with E-state index in [1.807, 2.05) is 24.3 Å². The van der Waals surface area contributed by atoms with Gasteiger partial charge >= 0.3 is 0 Å². The van der Waals surface area contributed by atoms with Crippen molar-refractivity contribution in [2.24, 2.45) is 0 Å². The molecule has 2 aromatic rings. The van der Waals surface area contributed by atoms with Crippen molar-refractivity contribution in [1.29, 1.82) is 0 Å². The number of rotatable bonds is 4. The zero-order chi connectivity index (χ0) is 17.4. The lowest BCUT2D eigenvalue weighted by atomic mass is 10.1. The van der Waals surface area contributed by atoms with Gasteiger partial charge in [-0.3, -0.25) is 0 Å². The summed E-state index contributed by atoms with van der Waals surface area (Å²) in [6, 6.07) is 14.8. The van der Waals surface area contributed by atoms with E-state index in [9.17, 15) is 0 Å². The number of benzene rings is 2. The molecule has 3 rings (SSSR count). The zero-order valence-corrected chi connectivity index (χ0v) is 14.2. The Morgan fingerprint density at radius 3 is 2.38 bits per heavy atom. The Kier molecular flexibility index (Phi) is 6.75. The van der Waals surface area contributed by atoms with Gasteiger partial charge < -0.3 is 26.2 Å². The van der Waals surface area contributed by atoms with Crippen molar-refractivity contribution >= 4 is 11.4 Å². The van der Waals surface area contributed by atoms with Crippen LogP contribution in [-0.2, 0) is 0 Å². The Balaban J connectivity index is 0.000000219. The summed E-state index contributed by atoms with van der Waals surface area (Å²) in [6.07, 6.45) is 3.72. The van der Waals surface area contributed by atoms with Gasteiger partial charge in [0.25, 0.3) is 0 Å². The van der Waals surface area contributed by atoms with E-state index in [0.717, 1.165) is 24.5 Å². The van der Waals surface area contributed by atoms with E-state index in [1.165, 1.54) is 25.5 Å². The van der Waals surface area contributed by atoms with Gasteiger partial charge in [0.2, 0.25) is 0 Å². The van der Waals surface area contributed by atoms with Gasteiger partial charge in [0.05, 0.1) is 6.61 Å². The first-order valence-electron chi connectivity index (χ1n) is 8.27. The van der Waals surface area contributed by atoms with Crippen molar-refractivity contribution in [3.8, 4) is 11.5 Å². The Morgan fingerprint density at radius 1 is 1.12 bits per heavy atom. The van der Waals surface area contributed by atoms with Crippen molar-refractivity contribution in [3.63, 3.8) is 0 Å². The number of phenols is 1. The van der Waals surface area contributed by atoms with Crippen molar-refractivity contribution in [2.75, 3.05) is 31.7 Å². The monoisotopic (exact) mass is 329 g/mol. The molecule has 1 heterocycles. The van der Waals surface area contributed by atoms with Crippen molar-refractivity contribution in [3.05, 3.63) is 48.5 Å². The van der Waals surface area contributed by atoms with Gasteiger partial charge in [-0.05, 0) is 57.1 Å². The molecule has 0 aromatic heterocycles. The smallest absolute Gasteiger partial charge is 0.121 e. The first-order valence-corrected chi connectivity index (χ1v) is 8.27. The van der Waals surface area contributed by atoms with Crippen LogP contribution in [0.3, 0.4) is 0 Å². The number of hydrogen-bond donors (Lipinski definition) is 3. The Hall–Kier alpha value is -2.40. The highest BCUT2D eigenvalue weighted by atomic mass is 16.5. The molecule has 0 bridgehead atoms. The van der Waals surface area contributed by atoms with Crippen LogP contribution < -0.4 is 16.2 Å². The number of nitrogen functional groups attached to an aromatic ring is 2. The lowest BCUT2D eigenvalue weighted by molar-refractivity contribution is 0.233. The average Bonchev–Trinajstić information content (AvgIpc) is 2.93. The Morgan fingerprint density at radius 2 is 1.83 bits per heavy atom. The number of phenolic OH excluding ortho intramolecular Hbond substituents is 1. The topological polar surface area (TPSA) is 84.7 Å².